The van der Waals surface area contributed by atoms with Crippen molar-refractivity contribution in [1.82, 2.24) is 0 Å². The van der Waals surface area contributed by atoms with E-state index >= 15 is 0 Å². The monoisotopic (exact) mass is 331 g/mol. The first-order chi connectivity index (χ1) is 11.6. The Labute approximate surface area is 142 Å². The molecule has 1 saturated carbocycles. The summed E-state index contributed by atoms with van der Waals surface area (Å²) in [5.74, 6) is 5.51. The Morgan fingerprint density at radius 1 is 1.25 bits per heavy atom. The summed E-state index contributed by atoms with van der Waals surface area (Å²) in [6, 6.07) is 5.41. The number of ketones is 2. The number of hydrogen-bond donors (Lipinski definition) is 1. The van der Waals surface area contributed by atoms with Gasteiger partial charge in [0.15, 0.2) is 5.78 Å². The Morgan fingerprint density at radius 3 is 2.67 bits per heavy atom. The predicted molar refractivity (Wildman–Crippen MR) is 89.7 cm³/mol. The fourth-order valence-corrected chi connectivity index (χ4v) is 4.00. The quantitative estimate of drug-likeness (QED) is 0.663. The standard InChI is InChI=1S/C19H25NO4/c1-2-13-3-4-15(24-20)11-16(13)18-17(21)10-14(19(18)22)9-12-5-7-23-8-6-12/h3-4,11-12,14,18H,2,5-10,20H2,1H3. The molecule has 0 aromatic heterocycles. The van der Waals surface area contributed by atoms with Crippen molar-refractivity contribution in [1.29, 1.82) is 0 Å². The van der Waals surface area contributed by atoms with Crippen LogP contribution in [0.4, 0.5) is 0 Å². The van der Waals surface area contributed by atoms with E-state index in [1.165, 1.54) is 0 Å². The van der Waals surface area contributed by atoms with Crippen LogP contribution in [0.5, 0.6) is 5.75 Å². The highest BCUT2D eigenvalue weighted by Crippen LogP contribution is 2.39. The molecule has 1 aliphatic heterocycles. The second kappa shape index (κ2) is 7.45. The predicted octanol–water partition coefficient (Wildman–Crippen LogP) is 2.56. The topological polar surface area (TPSA) is 78.6 Å². The largest absolute Gasteiger partial charge is 0.412 e. The lowest BCUT2D eigenvalue weighted by Gasteiger charge is -2.24. The van der Waals surface area contributed by atoms with Gasteiger partial charge in [0.2, 0.25) is 0 Å². The molecular weight excluding hydrogens is 306 g/mol. The molecule has 1 aromatic rings. The lowest BCUT2D eigenvalue weighted by Crippen LogP contribution is -2.22. The average Bonchev–Trinajstić information content (AvgIpc) is 2.88. The van der Waals surface area contributed by atoms with Crippen LogP contribution < -0.4 is 10.7 Å². The molecule has 2 fully saturated rings. The molecule has 1 aliphatic carbocycles. The van der Waals surface area contributed by atoms with E-state index in [-0.39, 0.29) is 17.5 Å². The van der Waals surface area contributed by atoms with Gasteiger partial charge in [0, 0.05) is 25.6 Å². The number of rotatable bonds is 5. The fraction of sp³-hybridized carbons (Fsp3) is 0.579. The highest BCUT2D eigenvalue weighted by molar-refractivity contribution is 6.14. The normalized spacial score (nSPS) is 25.2. The van der Waals surface area contributed by atoms with Gasteiger partial charge in [0.1, 0.15) is 17.5 Å². The van der Waals surface area contributed by atoms with Crippen LogP contribution in [-0.4, -0.2) is 24.8 Å². The summed E-state index contributed by atoms with van der Waals surface area (Å²) in [7, 11) is 0. The third kappa shape index (κ3) is 3.37. The van der Waals surface area contributed by atoms with Crippen molar-refractivity contribution in [3.8, 4) is 5.75 Å². The van der Waals surface area contributed by atoms with Gasteiger partial charge in [-0.25, -0.2) is 0 Å². The van der Waals surface area contributed by atoms with Crippen LogP contribution in [-0.2, 0) is 20.7 Å². The summed E-state index contributed by atoms with van der Waals surface area (Å²) >= 11 is 0. The van der Waals surface area contributed by atoms with E-state index in [1.807, 2.05) is 13.0 Å². The maximum atomic E-state index is 12.9. The van der Waals surface area contributed by atoms with E-state index in [2.05, 4.69) is 0 Å². The molecule has 3 rings (SSSR count). The number of ether oxygens (including phenoxy) is 1. The third-order valence-electron chi connectivity index (χ3n) is 5.36. The molecule has 0 radical (unpaired) electrons. The molecule has 0 spiro atoms. The zero-order chi connectivity index (χ0) is 17.1. The third-order valence-corrected chi connectivity index (χ3v) is 5.36. The van der Waals surface area contributed by atoms with E-state index in [4.69, 9.17) is 15.5 Å². The highest BCUT2D eigenvalue weighted by atomic mass is 16.6. The van der Waals surface area contributed by atoms with Crippen LogP contribution in [0.3, 0.4) is 0 Å². The number of carbonyl (C=O) groups is 2. The fourth-order valence-electron chi connectivity index (χ4n) is 4.00. The maximum Gasteiger partial charge on any atom is 0.151 e. The molecule has 24 heavy (non-hydrogen) atoms. The second-order valence-corrected chi connectivity index (χ2v) is 6.83. The lowest BCUT2D eigenvalue weighted by molar-refractivity contribution is -0.125. The van der Waals surface area contributed by atoms with Gasteiger partial charge in [-0.2, -0.15) is 5.90 Å². The zero-order valence-electron chi connectivity index (χ0n) is 14.1. The van der Waals surface area contributed by atoms with Crippen LogP contribution in [0.2, 0.25) is 0 Å². The second-order valence-electron chi connectivity index (χ2n) is 6.83. The highest BCUT2D eigenvalue weighted by Gasteiger charge is 2.43. The summed E-state index contributed by atoms with van der Waals surface area (Å²) in [6.07, 6.45) is 3.90. The van der Waals surface area contributed by atoms with Crippen LogP contribution in [0, 0.1) is 11.8 Å². The van der Waals surface area contributed by atoms with Gasteiger partial charge < -0.3 is 9.57 Å². The molecule has 1 aromatic carbocycles. The average molecular weight is 331 g/mol. The van der Waals surface area contributed by atoms with Crippen LogP contribution in [0.25, 0.3) is 0 Å². The minimum absolute atomic E-state index is 0.0286. The van der Waals surface area contributed by atoms with E-state index in [0.717, 1.165) is 50.0 Å². The molecule has 0 bridgehead atoms. The molecule has 2 N–H and O–H groups in total. The Hall–Kier alpha value is -1.72. The number of benzene rings is 1. The summed E-state index contributed by atoms with van der Waals surface area (Å²) in [5, 5.41) is 0. The Bertz CT molecular complexity index is 622. The van der Waals surface area contributed by atoms with Crippen molar-refractivity contribution in [2.24, 2.45) is 17.7 Å². The molecule has 5 nitrogen and oxygen atoms in total. The van der Waals surface area contributed by atoms with E-state index < -0.39 is 5.92 Å². The molecular formula is C19H25NO4. The summed E-state index contributed by atoms with van der Waals surface area (Å²) in [5.41, 5.74) is 1.78. The minimum atomic E-state index is -0.653. The number of Topliss-reactive ketones (excluding diaryl/α,β-unsaturated/α-hetero) is 2. The van der Waals surface area contributed by atoms with Crippen LogP contribution in [0.1, 0.15) is 49.7 Å². The lowest BCUT2D eigenvalue weighted by atomic mass is 9.85. The van der Waals surface area contributed by atoms with Crippen molar-refractivity contribution >= 4 is 11.6 Å². The zero-order valence-corrected chi connectivity index (χ0v) is 14.1. The van der Waals surface area contributed by atoms with Crippen molar-refractivity contribution < 1.29 is 19.2 Å². The van der Waals surface area contributed by atoms with E-state index in [0.29, 0.717) is 18.1 Å². The Morgan fingerprint density at radius 2 is 2.00 bits per heavy atom. The van der Waals surface area contributed by atoms with Gasteiger partial charge in [-0.15, -0.1) is 0 Å². The summed E-state index contributed by atoms with van der Waals surface area (Å²) < 4.78 is 5.38. The van der Waals surface area contributed by atoms with Crippen molar-refractivity contribution in [2.45, 2.75) is 44.9 Å². The number of aryl methyl sites for hydroxylation is 1. The molecule has 1 saturated heterocycles. The Kier molecular flexibility index (Phi) is 5.31. The van der Waals surface area contributed by atoms with Crippen molar-refractivity contribution in [3.63, 3.8) is 0 Å². The Balaban J connectivity index is 1.81. The molecule has 2 atom stereocenters. The molecule has 1 heterocycles. The first kappa shape index (κ1) is 17.1. The molecule has 0 amide bonds. The smallest absolute Gasteiger partial charge is 0.151 e. The number of nitrogens with two attached hydrogens (primary N) is 1. The van der Waals surface area contributed by atoms with Gasteiger partial charge in [-0.3, -0.25) is 9.59 Å². The first-order valence-corrected chi connectivity index (χ1v) is 8.77. The van der Waals surface area contributed by atoms with Gasteiger partial charge in [-0.1, -0.05) is 13.0 Å². The maximum absolute atomic E-state index is 12.9. The van der Waals surface area contributed by atoms with Crippen LogP contribution >= 0.6 is 0 Å². The van der Waals surface area contributed by atoms with Gasteiger partial charge in [0.05, 0.1) is 0 Å². The molecule has 2 unspecified atom stereocenters. The van der Waals surface area contributed by atoms with Crippen LogP contribution in [0.15, 0.2) is 18.2 Å². The van der Waals surface area contributed by atoms with E-state index in [1.54, 1.807) is 12.1 Å². The summed E-state index contributed by atoms with van der Waals surface area (Å²) in [6.45, 7) is 3.54. The van der Waals surface area contributed by atoms with Gasteiger partial charge >= 0.3 is 0 Å². The van der Waals surface area contributed by atoms with E-state index in [9.17, 15) is 9.59 Å². The van der Waals surface area contributed by atoms with Crippen molar-refractivity contribution in [3.05, 3.63) is 29.3 Å². The van der Waals surface area contributed by atoms with Gasteiger partial charge in [-0.05, 0) is 54.9 Å². The van der Waals surface area contributed by atoms with Gasteiger partial charge in [0.25, 0.3) is 0 Å². The molecule has 130 valence electrons. The molecule has 5 heteroatoms. The SMILES string of the molecule is CCc1ccc(ON)cc1C1C(=O)CC(CC2CCOCC2)C1=O. The number of carbonyl (C=O) groups excluding carboxylic acids is 2. The van der Waals surface area contributed by atoms with Crippen molar-refractivity contribution in [2.75, 3.05) is 13.2 Å². The minimum Gasteiger partial charge on any atom is -0.412 e. The molecule has 2 aliphatic rings. The summed E-state index contributed by atoms with van der Waals surface area (Å²) in [4.78, 5) is 30.3. The number of hydrogen-bond acceptors (Lipinski definition) is 5. The first-order valence-electron chi connectivity index (χ1n) is 8.77.